The van der Waals surface area contributed by atoms with Crippen LogP contribution >= 0.6 is 0 Å². The van der Waals surface area contributed by atoms with Crippen molar-refractivity contribution in [2.75, 3.05) is 0 Å². The molecule has 7 heteroatoms. The molecule has 158 valence electrons. The Kier molecular flexibility index (Phi) is 4.42. The Morgan fingerprint density at radius 2 is 1.12 bits per heavy atom. The molecule has 0 aliphatic carbocycles. The summed E-state index contributed by atoms with van der Waals surface area (Å²) in [6, 6.07) is 19.9. The minimum absolute atomic E-state index is 0. The summed E-state index contributed by atoms with van der Waals surface area (Å²) in [4.78, 5) is 26.1. The van der Waals surface area contributed by atoms with Crippen molar-refractivity contribution in [1.29, 1.82) is 0 Å². The van der Waals surface area contributed by atoms with Gasteiger partial charge < -0.3 is 19.0 Å². The summed E-state index contributed by atoms with van der Waals surface area (Å²) in [5.74, 6) is -1.08. The number of rotatable bonds is 1. The second kappa shape index (κ2) is 7.18. The molecule has 0 saturated heterocycles. The maximum absolute atomic E-state index is 14.9. The zero-order valence-electron chi connectivity index (χ0n) is 16.4. The second-order valence-electron chi connectivity index (χ2n) is 7.31. The van der Waals surface area contributed by atoms with Gasteiger partial charge in [-0.2, -0.15) is 0 Å². The zero-order chi connectivity index (χ0) is 21.1. The van der Waals surface area contributed by atoms with E-state index in [-0.39, 0.29) is 33.7 Å². The van der Waals surface area contributed by atoms with Gasteiger partial charge in [-0.05, 0) is 30.3 Å². The highest BCUT2D eigenvalue weighted by Crippen LogP contribution is 2.49. The van der Waals surface area contributed by atoms with Gasteiger partial charge in [0.25, 0.3) is 0 Å². The van der Waals surface area contributed by atoms with Gasteiger partial charge in [-0.25, -0.2) is 14.0 Å². The molecule has 0 unspecified atom stereocenters. The molecule has 1 aliphatic heterocycles. The average Bonchev–Trinajstić information content (AvgIpc) is 2.78. The largest absolute Gasteiger partial charge is 0.455 e. The fraction of sp³-hybridized carbons (Fsp3) is 0.0400. The van der Waals surface area contributed by atoms with Gasteiger partial charge in [0.1, 0.15) is 28.5 Å². The van der Waals surface area contributed by atoms with E-state index in [2.05, 4.69) is 0 Å². The van der Waals surface area contributed by atoms with Crippen molar-refractivity contribution in [3.63, 3.8) is 0 Å². The van der Waals surface area contributed by atoms with Crippen LogP contribution in [0.3, 0.4) is 0 Å². The number of fused-ring (bicyclic) bond motifs is 6. The van der Waals surface area contributed by atoms with Gasteiger partial charge in [0, 0.05) is 5.56 Å². The van der Waals surface area contributed by atoms with E-state index in [9.17, 15) is 14.0 Å². The van der Waals surface area contributed by atoms with Gasteiger partial charge in [0.15, 0.2) is 0 Å². The molecule has 6 rings (SSSR count). The molecule has 0 fully saturated rings. The molecule has 1 aliphatic rings. The Balaban J connectivity index is 0.00000216. The third-order valence-electron chi connectivity index (χ3n) is 5.60. The number of hydrogen-bond acceptors (Lipinski definition) is 5. The van der Waals surface area contributed by atoms with E-state index in [1.807, 2.05) is 0 Å². The minimum Gasteiger partial charge on any atom is -0.455 e. The molecule has 5 aromatic rings. The van der Waals surface area contributed by atoms with Crippen LogP contribution in [-0.2, 0) is 0 Å². The van der Waals surface area contributed by atoms with Crippen molar-refractivity contribution in [3.8, 4) is 11.5 Å². The van der Waals surface area contributed by atoms with Gasteiger partial charge in [0.2, 0.25) is 0 Å². The number of halogens is 1. The Morgan fingerprint density at radius 1 is 0.656 bits per heavy atom. The fourth-order valence-electron chi connectivity index (χ4n) is 4.26. The first-order chi connectivity index (χ1) is 15.1. The number of ether oxygens (including phenoxy) is 1. The lowest BCUT2D eigenvalue weighted by Gasteiger charge is -2.28. The smallest absolute Gasteiger partial charge is 0.344 e. The molecule has 32 heavy (non-hydrogen) atoms. The van der Waals surface area contributed by atoms with Gasteiger partial charge in [-0.15, -0.1) is 0 Å². The van der Waals surface area contributed by atoms with Crippen molar-refractivity contribution in [1.82, 2.24) is 0 Å². The maximum Gasteiger partial charge on any atom is 0.344 e. The Morgan fingerprint density at radius 3 is 1.66 bits per heavy atom. The Labute approximate surface area is 179 Å². The summed E-state index contributed by atoms with van der Waals surface area (Å²) >= 11 is 0. The van der Waals surface area contributed by atoms with E-state index < -0.39 is 23.0 Å². The molecular formula is C25H15FO6. The molecule has 0 spiro atoms. The van der Waals surface area contributed by atoms with Gasteiger partial charge >= 0.3 is 11.3 Å². The van der Waals surface area contributed by atoms with Crippen LogP contribution < -0.4 is 16.0 Å². The lowest BCUT2D eigenvalue weighted by molar-refractivity contribution is 0.426. The van der Waals surface area contributed by atoms with Gasteiger partial charge in [0.05, 0.1) is 27.8 Å². The topological polar surface area (TPSA) is 101 Å². The van der Waals surface area contributed by atoms with Crippen molar-refractivity contribution >= 4 is 21.9 Å². The quantitative estimate of drug-likeness (QED) is 0.358. The molecule has 0 radical (unpaired) electrons. The summed E-state index contributed by atoms with van der Waals surface area (Å²) in [5.41, 5.74) is -0.403. The molecule has 2 aromatic heterocycles. The van der Waals surface area contributed by atoms with E-state index in [0.717, 1.165) is 0 Å². The van der Waals surface area contributed by atoms with E-state index in [4.69, 9.17) is 13.6 Å². The summed E-state index contributed by atoms with van der Waals surface area (Å²) in [6.07, 6.45) is 0. The molecule has 3 heterocycles. The molecular weight excluding hydrogens is 415 g/mol. The monoisotopic (exact) mass is 430 g/mol. The van der Waals surface area contributed by atoms with Crippen LogP contribution in [0.4, 0.5) is 4.39 Å². The minimum atomic E-state index is -1.04. The molecule has 6 nitrogen and oxygen atoms in total. The van der Waals surface area contributed by atoms with Crippen molar-refractivity contribution in [2.24, 2.45) is 0 Å². The first kappa shape index (κ1) is 19.7. The highest BCUT2D eigenvalue weighted by molar-refractivity contribution is 5.90. The van der Waals surface area contributed by atoms with Crippen LogP contribution in [0.2, 0.25) is 0 Å². The molecule has 0 bridgehead atoms. The third-order valence-corrected chi connectivity index (χ3v) is 5.60. The first-order valence-electron chi connectivity index (χ1n) is 9.67. The molecule has 0 atom stereocenters. The number of benzene rings is 3. The normalized spacial score (nSPS) is 12.7. The van der Waals surface area contributed by atoms with Crippen LogP contribution in [0, 0.1) is 5.82 Å². The zero-order valence-corrected chi connectivity index (χ0v) is 16.4. The average molecular weight is 430 g/mol. The fourth-order valence-corrected chi connectivity index (χ4v) is 4.26. The van der Waals surface area contributed by atoms with E-state index in [0.29, 0.717) is 21.9 Å². The van der Waals surface area contributed by atoms with Crippen molar-refractivity contribution in [3.05, 3.63) is 116 Å². The molecule has 2 N–H and O–H groups in total. The highest BCUT2D eigenvalue weighted by atomic mass is 19.1. The highest BCUT2D eigenvalue weighted by Gasteiger charge is 2.39. The maximum atomic E-state index is 14.9. The van der Waals surface area contributed by atoms with Crippen LogP contribution in [0.15, 0.2) is 91.2 Å². The lowest BCUT2D eigenvalue weighted by atomic mass is 9.83. The molecule has 3 aromatic carbocycles. The molecule has 0 saturated carbocycles. The summed E-state index contributed by atoms with van der Waals surface area (Å²) in [5, 5.41) is 1.11. The van der Waals surface area contributed by atoms with Crippen LogP contribution in [0.5, 0.6) is 11.5 Å². The SMILES string of the molecule is O.O=c1oc2ccccc2c2c1C(c1ccccc1F)c1c(c3ccccc3oc1=O)O2. The van der Waals surface area contributed by atoms with E-state index >= 15 is 0 Å². The van der Waals surface area contributed by atoms with Gasteiger partial charge in [-0.3, -0.25) is 0 Å². The second-order valence-corrected chi connectivity index (χ2v) is 7.31. The standard InChI is InChI=1S/C25H13FO5.H2O/c26-16-10-4-1-7-13(16)19-20-22(14-8-2-5-11-17(14)29-24(20)27)31-23-15-9-3-6-12-18(15)30-25(28)21(19)23;/h1-12,19H;1H2. The Bertz CT molecular complexity index is 1530. The van der Waals surface area contributed by atoms with E-state index in [1.54, 1.807) is 66.7 Å². The molecule has 0 amide bonds. The summed E-state index contributed by atoms with van der Waals surface area (Å²) in [7, 11) is 0. The number of para-hydroxylation sites is 2. The first-order valence-corrected chi connectivity index (χ1v) is 9.67. The number of hydrogen-bond donors (Lipinski definition) is 0. The van der Waals surface area contributed by atoms with Crippen LogP contribution in [0.25, 0.3) is 21.9 Å². The van der Waals surface area contributed by atoms with Crippen LogP contribution in [0.1, 0.15) is 22.6 Å². The Hall–Kier alpha value is -4.23. The lowest BCUT2D eigenvalue weighted by Crippen LogP contribution is -2.26. The van der Waals surface area contributed by atoms with Crippen molar-refractivity contribution < 1.29 is 23.4 Å². The predicted octanol–water partition coefficient (Wildman–Crippen LogP) is 4.50. The van der Waals surface area contributed by atoms with E-state index in [1.165, 1.54) is 6.07 Å². The van der Waals surface area contributed by atoms with Crippen molar-refractivity contribution in [2.45, 2.75) is 5.92 Å². The third kappa shape index (κ3) is 2.68. The summed E-state index contributed by atoms with van der Waals surface area (Å²) < 4.78 is 32.2. The predicted molar refractivity (Wildman–Crippen MR) is 116 cm³/mol. The van der Waals surface area contributed by atoms with Gasteiger partial charge in [-0.1, -0.05) is 42.5 Å². The van der Waals surface area contributed by atoms with Crippen LogP contribution in [-0.4, -0.2) is 5.48 Å². The summed E-state index contributed by atoms with van der Waals surface area (Å²) in [6.45, 7) is 0.